The van der Waals surface area contributed by atoms with Crippen LogP contribution < -0.4 is 0 Å². The van der Waals surface area contributed by atoms with Gasteiger partial charge >= 0.3 is 63.3 Å². The van der Waals surface area contributed by atoms with E-state index in [1.54, 1.807) is 27.7 Å². The van der Waals surface area contributed by atoms with Crippen LogP contribution in [0.5, 0.6) is 0 Å². The van der Waals surface area contributed by atoms with Crippen LogP contribution in [0.15, 0.2) is 23.1 Å². The molecule has 0 aliphatic carbocycles. The number of rotatable bonds is 5. The molecule has 0 aromatic heterocycles. The van der Waals surface area contributed by atoms with Crippen molar-refractivity contribution in [2.24, 2.45) is 0 Å². The summed E-state index contributed by atoms with van der Waals surface area (Å²) >= 11 is 0. The first kappa shape index (κ1) is 22.7. The number of benzene rings is 1. The van der Waals surface area contributed by atoms with Crippen molar-refractivity contribution >= 4 is 73.4 Å². The Bertz CT molecular complexity index is 680. The summed E-state index contributed by atoms with van der Waals surface area (Å²) < 4.78 is 42.0. The van der Waals surface area contributed by atoms with Gasteiger partial charge < -0.3 is 9.47 Å². The van der Waals surface area contributed by atoms with E-state index in [1.165, 1.54) is 6.07 Å². The van der Waals surface area contributed by atoms with E-state index in [0.29, 0.717) is 0 Å². The molecule has 0 radical (unpaired) electrons. The van der Waals surface area contributed by atoms with Crippen LogP contribution >= 0.6 is 0 Å². The molecule has 0 saturated carbocycles. The van der Waals surface area contributed by atoms with Gasteiger partial charge in [0.2, 0.25) is 0 Å². The van der Waals surface area contributed by atoms with E-state index < -0.39 is 39.2 Å². The van der Waals surface area contributed by atoms with Crippen molar-refractivity contribution in [3.05, 3.63) is 29.3 Å². The van der Waals surface area contributed by atoms with Gasteiger partial charge in [-0.2, -0.15) is 8.42 Å². The first-order chi connectivity index (χ1) is 10.0. The molecular formula is C14H19KO7S. The second kappa shape index (κ2) is 9.26. The number of hydrogen-bond acceptors (Lipinski definition) is 6. The number of carbonyl (C=O) groups excluding carboxylic acids is 2. The topological polar surface area (TPSA) is 107 Å². The average Bonchev–Trinajstić information content (AvgIpc) is 2.35. The molecule has 0 amide bonds. The van der Waals surface area contributed by atoms with Gasteiger partial charge in [-0.05, 0) is 45.9 Å². The molecule has 0 heterocycles. The molecule has 0 bridgehead atoms. The summed E-state index contributed by atoms with van der Waals surface area (Å²) in [4.78, 5) is 22.9. The molecule has 0 atom stereocenters. The molecule has 1 aromatic carbocycles. The van der Waals surface area contributed by atoms with Crippen LogP contribution in [0.4, 0.5) is 0 Å². The van der Waals surface area contributed by atoms with E-state index in [-0.39, 0.29) is 62.5 Å². The molecule has 23 heavy (non-hydrogen) atoms. The predicted octanol–water partition coefficient (Wildman–Crippen LogP) is 1.42. The van der Waals surface area contributed by atoms with Gasteiger partial charge in [-0.3, -0.25) is 4.55 Å². The second-order valence-corrected chi connectivity index (χ2v) is 6.48. The molecule has 0 spiro atoms. The van der Waals surface area contributed by atoms with E-state index in [9.17, 15) is 22.6 Å². The Morgan fingerprint density at radius 1 is 1.00 bits per heavy atom. The second-order valence-electron chi connectivity index (χ2n) is 5.09. The zero-order valence-corrected chi connectivity index (χ0v) is 13.5. The van der Waals surface area contributed by atoms with E-state index in [4.69, 9.17) is 9.47 Å². The van der Waals surface area contributed by atoms with Gasteiger partial charge in [0.1, 0.15) is 4.90 Å². The molecule has 1 rings (SSSR count). The number of ether oxygens (including phenoxy) is 2. The summed E-state index contributed by atoms with van der Waals surface area (Å²) in [5.74, 6) is -1.67. The molecule has 0 fully saturated rings. The van der Waals surface area contributed by atoms with Gasteiger partial charge in [0.15, 0.2) is 0 Å². The predicted molar refractivity (Wildman–Crippen MR) is 84.5 cm³/mol. The van der Waals surface area contributed by atoms with E-state index >= 15 is 0 Å². The molecule has 9 heteroatoms. The minimum absolute atomic E-state index is 0. The summed E-state index contributed by atoms with van der Waals surface area (Å²) in [6.45, 7) is 6.46. The Labute approximate surface area is 177 Å². The summed E-state index contributed by atoms with van der Waals surface area (Å²) in [6, 6.07) is 3.22. The van der Waals surface area contributed by atoms with Gasteiger partial charge in [-0.15, -0.1) is 0 Å². The van der Waals surface area contributed by atoms with Crippen LogP contribution in [-0.4, -0.2) is 88.5 Å². The van der Waals surface area contributed by atoms with Crippen LogP contribution in [-0.2, 0) is 19.6 Å². The quantitative estimate of drug-likeness (QED) is 0.474. The standard InChI is InChI=1S/C14H18O7S.K.H/c1-8(2)20-13(15)10-5-6-11(14(16)21-9(3)4)12(7-10)22(17,18)19;;/h5-9H,1-4H3,(H,17,18,19);;. The Morgan fingerprint density at radius 3 is 1.91 bits per heavy atom. The first-order valence-electron chi connectivity index (χ1n) is 6.56. The molecule has 1 N–H and O–H groups in total. The Morgan fingerprint density at radius 2 is 1.48 bits per heavy atom. The van der Waals surface area contributed by atoms with Crippen molar-refractivity contribution < 1.29 is 32.0 Å². The molecule has 1 aromatic rings. The summed E-state index contributed by atoms with van der Waals surface area (Å²) in [5, 5.41) is 0. The van der Waals surface area contributed by atoms with Gasteiger partial charge in [-0.1, -0.05) is 0 Å². The van der Waals surface area contributed by atoms with E-state index in [1.807, 2.05) is 0 Å². The van der Waals surface area contributed by atoms with Crippen molar-refractivity contribution in [2.75, 3.05) is 0 Å². The zero-order valence-electron chi connectivity index (χ0n) is 12.7. The van der Waals surface area contributed by atoms with Crippen LogP contribution in [0.2, 0.25) is 0 Å². The number of hydrogen-bond donors (Lipinski definition) is 1. The van der Waals surface area contributed by atoms with Gasteiger partial charge in [-0.25, -0.2) is 9.59 Å². The van der Waals surface area contributed by atoms with Crippen LogP contribution in [0, 0.1) is 0 Å². The Hall–Kier alpha value is -0.294. The van der Waals surface area contributed by atoms with Crippen molar-refractivity contribution in [3.63, 3.8) is 0 Å². The average molecular weight is 370 g/mol. The monoisotopic (exact) mass is 370 g/mol. The maximum absolute atomic E-state index is 11.9. The van der Waals surface area contributed by atoms with Crippen molar-refractivity contribution in [2.45, 2.75) is 44.8 Å². The van der Waals surface area contributed by atoms with Crippen LogP contribution in [0.3, 0.4) is 0 Å². The maximum atomic E-state index is 11.9. The fraction of sp³-hybridized carbons (Fsp3) is 0.429. The van der Waals surface area contributed by atoms with E-state index in [0.717, 1.165) is 12.1 Å². The Kier molecular flexibility index (Phi) is 9.14. The molecule has 124 valence electrons. The summed E-state index contributed by atoms with van der Waals surface area (Å²) in [5.41, 5.74) is -0.445. The third-order valence-electron chi connectivity index (χ3n) is 2.40. The first-order valence-corrected chi connectivity index (χ1v) is 8.00. The van der Waals surface area contributed by atoms with Crippen molar-refractivity contribution in [3.8, 4) is 0 Å². The van der Waals surface area contributed by atoms with Crippen LogP contribution in [0.1, 0.15) is 48.4 Å². The van der Waals surface area contributed by atoms with Gasteiger partial charge in [0.25, 0.3) is 10.1 Å². The van der Waals surface area contributed by atoms with Crippen molar-refractivity contribution in [1.82, 2.24) is 0 Å². The molecule has 0 aliphatic rings. The third-order valence-corrected chi connectivity index (χ3v) is 3.29. The summed E-state index contributed by atoms with van der Waals surface area (Å²) in [6.07, 6.45) is -0.861. The Balaban J connectivity index is 0.00000484. The number of esters is 2. The van der Waals surface area contributed by atoms with Gasteiger partial charge in [0, 0.05) is 0 Å². The molecule has 7 nitrogen and oxygen atoms in total. The van der Waals surface area contributed by atoms with Crippen LogP contribution in [0.25, 0.3) is 0 Å². The fourth-order valence-electron chi connectivity index (χ4n) is 1.59. The SMILES string of the molecule is CC(C)OC(=O)c1ccc(C(=O)OC(C)C)c(S(=O)(=O)O)c1.[KH]. The minimum atomic E-state index is -4.71. The third kappa shape index (κ3) is 7.00. The molecule has 0 aliphatic heterocycles. The summed E-state index contributed by atoms with van der Waals surface area (Å²) in [7, 11) is -4.71. The van der Waals surface area contributed by atoms with Crippen molar-refractivity contribution in [1.29, 1.82) is 0 Å². The van der Waals surface area contributed by atoms with E-state index in [2.05, 4.69) is 0 Å². The number of carbonyl (C=O) groups is 2. The molecule has 0 unspecified atom stereocenters. The fourth-order valence-corrected chi connectivity index (χ4v) is 2.30. The molecule has 0 saturated heterocycles. The normalized spacial score (nSPS) is 11.1. The van der Waals surface area contributed by atoms with Gasteiger partial charge in [0.05, 0.1) is 23.3 Å². The zero-order chi connectivity index (χ0) is 17.1. The molecular weight excluding hydrogens is 351 g/mol.